The minimum absolute atomic E-state index is 0.175. The van der Waals surface area contributed by atoms with Crippen molar-refractivity contribution in [2.24, 2.45) is 0 Å². The lowest BCUT2D eigenvalue weighted by Crippen LogP contribution is -2.54. The van der Waals surface area contributed by atoms with Crippen molar-refractivity contribution >= 4 is 12.1 Å². The zero-order valence-corrected chi connectivity index (χ0v) is 12.5. The molecule has 1 fully saturated rings. The Kier molecular flexibility index (Phi) is 3.91. The van der Waals surface area contributed by atoms with Gasteiger partial charge in [0.25, 0.3) is 0 Å². The van der Waals surface area contributed by atoms with Gasteiger partial charge in [-0.2, -0.15) is 0 Å². The summed E-state index contributed by atoms with van der Waals surface area (Å²) in [6, 6.07) is 17.8. The average Bonchev–Trinajstić information content (AvgIpc) is 2.51. The Hall–Kier alpha value is -2.49. The van der Waals surface area contributed by atoms with E-state index in [2.05, 4.69) is 22.3 Å². The molecule has 0 aliphatic carbocycles. The van der Waals surface area contributed by atoms with E-state index in [-0.39, 0.29) is 12.1 Å². The van der Waals surface area contributed by atoms with Gasteiger partial charge >= 0.3 is 0 Å². The summed E-state index contributed by atoms with van der Waals surface area (Å²) in [7, 11) is 0. The summed E-state index contributed by atoms with van der Waals surface area (Å²) in [6.45, 7) is 3.63. The lowest BCUT2D eigenvalue weighted by Gasteiger charge is -2.40. The lowest BCUT2D eigenvalue weighted by atomic mass is 10.1. The summed E-state index contributed by atoms with van der Waals surface area (Å²) in [5.74, 6) is 0.830. The Bertz CT molecular complexity index is 654. The number of nitrogens with zero attached hydrogens (tertiary/aromatic N) is 1. The number of amides is 1. The molecular formula is C18H20N2O2. The van der Waals surface area contributed by atoms with Crippen molar-refractivity contribution < 1.29 is 10.9 Å². The van der Waals surface area contributed by atoms with Crippen molar-refractivity contribution in [3.63, 3.8) is 0 Å². The largest absolute Gasteiger partial charge is 0.487 e. The first-order valence-electron chi connectivity index (χ1n) is 7.95. The van der Waals surface area contributed by atoms with Crippen molar-refractivity contribution in [1.82, 2.24) is 5.32 Å². The van der Waals surface area contributed by atoms with Crippen molar-refractivity contribution in [2.75, 3.05) is 18.0 Å². The molecule has 1 atom stereocenters. The molecule has 2 aromatic rings. The van der Waals surface area contributed by atoms with Gasteiger partial charge in [-0.3, -0.25) is 4.79 Å². The maximum Gasteiger partial charge on any atom is 0.207 e. The Labute approximate surface area is 132 Å². The number of nitrogens with one attached hydrogen (secondary N) is 1. The molecular weight excluding hydrogens is 276 g/mol. The van der Waals surface area contributed by atoms with Crippen LogP contribution in [0.2, 0.25) is 0 Å². The van der Waals surface area contributed by atoms with Gasteiger partial charge in [0.05, 0.1) is 19.1 Å². The fourth-order valence-corrected chi connectivity index (χ4v) is 2.56. The molecule has 4 heteroatoms. The number of carbonyl (C=O) groups is 1. The minimum atomic E-state index is -0.770. The van der Waals surface area contributed by atoms with Crippen molar-refractivity contribution in [1.29, 1.82) is 0 Å². The van der Waals surface area contributed by atoms with Crippen molar-refractivity contribution in [3.05, 3.63) is 60.2 Å². The van der Waals surface area contributed by atoms with E-state index in [1.165, 1.54) is 5.69 Å². The van der Waals surface area contributed by atoms with Gasteiger partial charge < -0.3 is 15.0 Å². The van der Waals surface area contributed by atoms with Crippen LogP contribution < -0.4 is 15.0 Å². The fraction of sp³-hybridized carbons (Fsp3) is 0.278. The first-order valence-corrected chi connectivity index (χ1v) is 7.45. The first kappa shape index (κ1) is 13.2. The number of anilines is 1. The van der Waals surface area contributed by atoms with Gasteiger partial charge in [0, 0.05) is 5.69 Å². The monoisotopic (exact) mass is 298 g/mol. The summed E-state index contributed by atoms with van der Waals surface area (Å²) in [4.78, 5) is 13.0. The normalized spacial score (nSPS) is 16.4. The molecule has 22 heavy (non-hydrogen) atoms. The van der Waals surface area contributed by atoms with Crippen LogP contribution in [0.15, 0.2) is 54.6 Å². The van der Waals surface area contributed by atoms with Gasteiger partial charge in [0.15, 0.2) is 0 Å². The predicted octanol–water partition coefficient (Wildman–Crippen LogP) is 2.76. The molecule has 0 aromatic heterocycles. The van der Waals surface area contributed by atoms with Crippen LogP contribution in [0.4, 0.5) is 5.69 Å². The van der Waals surface area contributed by atoms with E-state index >= 15 is 0 Å². The molecule has 1 saturated heterocycles. The Morgan fingerprint density at radius 2 is 1.91 bits per heavy atom. The average molecular weight is 298 g/mol. The number of carbonyl (C=O) groups excluding carboxylic acids is 1. The maximum absolute atomic E-state index is 10.8. The molecule has 1 unspecified atom stereocenters. The predicted molar refractivity (Wildman–Crippen MR) is 87.1 cm³/mol. The highest BCUT2D eigenvalue weighted by Crippen LogP contribution is 2.24. The van der Waals surface area contributed by atoms with Crippen molar-refractivity contribution in [2.45, 2.75) is 19.1 Å². The SMILES string of the molecule is [3H]C(=O)NC(C)c1ccc(OC2CN(c3ccccc3)C2)cc1. The number of benzene rings is 2. The van der Waals surface area contributed by atoms with Crippen LogP contribution in [0.5, 0.6) is 5.75 Å². The molecule has 1 aliphatic rings. The van der Waals surface area contributed by atoms with Gasteiger partial charge in [0.1, 0.15) is 13.2 Å². The highest BCUT2D eigenvalue weighted by atomic mass is 16.5. The molecule has 3 rings (SSSR count). The quantitative estimate of drug-likeness (QED) is 0.863. The Morgan fingerprint density at radius 3 is 2.55 bits per heavy atom. The highest BCUT2D eigenvalue weighted by Gasteiger charge is 2.28. The van der Waals surface area contributed by atoms with Gasteiger partial charge in [-0.05, 0) is 36.8 Å². The second-order valence-corrected chi connectivity index (χ2v) is 5.52. The number of para-hydroxylation sites is 1. The van der Waals surface area contributed by atoms with E-state index in [0.29, 0.717) is 0 Å². The number of rotatable bonds is 5. The van der Waals surface area contributed by atoms with Gasteiger partial charge in [-0.1, -0.05) is 30.3 Å². The summed E-state index contributed by atoms with van der Waals surface area (Å²) in [6.07, 6.45) is -0.570. The lowest BCUT2D eigenvalue weighted by molar-refractivity contribution is -0.110. The van der Waals surface area contributed by atoms with E-state index in [0.717, 1.165) is 24.4 Å². The van der Waals surface area contributed by atoms with E-state index in [1.54, 1.807) is 0 Å². The van der Waals surface area contributed by atoms with Gasteiger partial charge in [-0.15, -0.1) is 0 Å². The third-order valence-corrected chi connectivity index (χ3v) is 3.93. The van der Waals surface area contributed by atoms with Crippen LogP contribution in [-0.2, 0) is 4.79 Å². The first-order chi connectivity index (χ1) is 11.1. The zero-order valence-electron chi connectivity index (χ0n) is 13.5. The molecule has 0 bridgehead atoms. The summed E-state index contributed by atoms with van der Waals surface area (Å²) in [5.41, 5.74) is 2.18. The zero-order chi connectivity index (χ0) is 16.2. The summed E-state index contributed by atoms with van der Waals surface area (Å²) >= 11 is 0. The van der Waals surface area contributed by atoms with Crippen LogP contribution in [0.1, 0.15) is 19.9 Å². The maximum atomic E-state index is 10.8. The van der Waals surface area contributed by atoms with Crippen LogP contribution in [-0.4, -0.2) is 25.6 Å². The van der Waals surface area contributed by atoms with E-state index in [9.17, 15) is 4.79 Å². The molecule has 2 aromatic carbocycles. The molecule has 1 aliphatic heterocycles. The molecule has 0 spiro atoms. The molecule has 1 amide bonds. The minimum Gasteiger partial charge on any atom is -0.487 e. The summed E-state index contributed by atoms with van der Waals surface area (Å²) in [5, 5.41) is 2.55. The third kappa shape index (κ3) is 3.22. The molecule has 1 N–H and O–H groups in total. The number of hydrogen-bond donors (Lipinski definition) is 1. The van der Waals surface area contributed by atoms with E-state index < -0.39 is 6.39 Å². The van der Waals surface area contributed by atoms with E-state index in [1.807, 2.05) is 49.4 Å². The smallest absolute Gasteiger partial charge is 0.207 e. The second-order valence-electron chi connectivity index (χ2n) is 5.52. The molecule has 1 heterocycles. The van der Waals surface area contributed by atoms with Crippen LogP contribution >= 0.6 is 0 Å². The van der Waals surface area contributed by atoms with E-state index in [4.69, 9.17) is 6.11 Å². The van der Waals surface area contributed by atoms with Crippen LogP contribution in [0.3, 0.4) is 0 Å². The third-order valence-electron chi connectivity index (χ3n) is 3.93. The van der Waals surface area contributed by atoms with Crippen LogP contribution in [0, 0.1) is 0 Å². The molecule has 4 nitrogen and oxygen atoms in total. The number of ether oxygens (including phenoxy) is 1. The Morgan fingerprint density at radius 1 is 1.23 bits per heavy atom. The second kappa shape index (κ2) is 6.52. The van der Waals surface area contributed by atoms with Gasteiger partial charge in [-0.25, -0.2) is 0 Å². The highest BCUT2D eigenvalue weighted by molar-refractivity contribution is 5.49. The molecule has 114 valence electrons. The standard InChI is InChI=1S/C18H20N2O2/c1-14(19-13-21)15-7-9-17(10-8-15)22-18-11-20(12-18)16-5-3-2-4-6-16/h2-10,13-14,18H,11-12H2,1H3,(H,19,21)/i13T. The van der Waals surface area contributed by atoms with Crippen molar-refractivity contribution in [3.8, 4) is 5.75 Å². The fourth-order valence-electron chi connectivity index (χ4n) is 2.56. The topological polar surface area (TPSA) is 41.6 Å². The van der Waals surface area contributed by atoms with Crippen LogP contribution in [0.25, 0.3) is 0 Å². The Balaban J connectivity index is 1.51. The number of hydrogen-bond acceptors (Lipinski definition) is 3. The summed E-state index contributed by atoms with van der Waals surface area (Å²) < 4.78 is 12.9. The molecule has 0 radical (unpaired) electrons. The van der Waals surface area contributed by atoms with Gasteiger partial charge in [0.2, 0.25) is 6.39 Å². The molecule has 0 saturated carbocycles.